The summed E-state index contributed by atoms with van der Waals surface area (Å²) in [4.78, 5) is 8.05. The molecular formula is C7H12F2N2O5S. The van der Waals surface area contributed by atoms with Gasteiger partial charge in [-0.15, -0.1) is 8.78 Å². The van der Waals surface area contributed by atoms with Crippen molar-refractivity contribution in [2.75, 3.05) is 5.75 Å². The van der Waals surface area contributed by atoms with E-state index in [1.807, 2.05) is 0 Å². The molecule has 0 atom stereocenters. The lowest BCUT2D eigenvalue weighted by atomic mass is 10.4. The molecule has 0 N–H and O–H groups in total. The predicted octanol–water partition coefficient (Wildman–Crippen LogP) is 1.38. The van der Waals surface area contributed by atoms with Crippen LogP contribution < -0.4 is 0 Å². The van der Waals surface area contributed by atoms with Crippen LogP contribution in [0.25, 0.3) is 0 Å². The Kier molecular flexibility index (Phi) is 5.39. The Hall–Kier alpha value is -1.32. The highest BCUT2D eigenvalue weighted by Crippen LogP contribution is 2.16. The van der Waals surface area contributed by atoms with Crippen molar-refractivity contribution in [1.82, 2.24) is 0 Å². The average molecular weight is 274 g/mol. The Labute approximate surface area is 96.7 Å². The fourth-order valence-corrected chi connectivity index (χ4v) is 1.60. The number of nitro groups is 1. The van der Waals surface area contributed by atoms with Crippen LogP contribution in [0.3, 0.4) is 0 Å². The number of halogens is 2. The Morgan fingerprint density at radius 1 is 1.53 bits per heavy atom. The Morgan fingerprint density at radius 3 is 2.47 bits per heavy atom. The molecule has 0 aliphatic rings. The highest BCUT2D eigenvalue weighted by atomic mass is 32.2. The van der Waals surface area contributed by atoms with Crippen LogP contribution in [0.1, 0.15) is 26.7 Å². The molecule has 0 unspecified atom stereocenters. The smallest absolute Gasteiger partial charge is 0.268 e. The van der Waals surface area contributed by atoms with Crippen molar-refractivity contribution in [2.24, 2.45) is 5.16 Å². The van der Waals surface area contributed by atoms with Crippen LogP contribution in [-0.2, 0) is 14.4 Å². The lowest BCUT2D eigenvalue weighted by molar-refractivity contribution is -0.617. The van der Waals surface area contributed by atoms with Gasteiger partial charge in [0.1, 0.15) is 4.92 Å². The molecular weight excluding hydrogens is 262 g/mol. The zero-order valence-corrected chi connectivity index (χ0v) is 10.0. The van der Waals surface area contributed by atoms with E-state index in [1.54, 1.807) is 6.92 Å². The molecule has 0 heterocycles. The number of alkyl halides is 2. The van der Waals surface area contributed by atoms with Gasteiger partial charge in [-0.2, -0.15) is 8.42 Å². The SMILES string of the molecule is CCCCS(=O)(=O)ON=C(C)C(F)(F)[N+](=O)[O-]. The zero-order chi connectivity index (χ0) is 13.7. The normalized spacial score (nSPS) is 13.5. The molecule has 0 radical (unpaired) electrons. The van der Waals surface area contributed by atoms with Crippen molar-refractivity contribution < 1.29 is 26.4 Å². The van der Waals surface area contributed by atoms with E-state index in [9.17, 15) is 27.3 Å². The molecule has 100 valence electrons. The molecule has 0 aromatic heterocycles. The average Bonchev–Trinajstić information content (AvgIpc) is 2.23. The Morgan fingerprint density at radius 2 is 2.06 bits per heavy atom. The lowest BCUT2D eigenvalue weighted by Gasteiger charge is -2.06. The molecule has 0 fully saturated rings. The number of unbranched alkanes of at least 4 members (excludes halogenated alkanes) is 1. The molecule has 0 spiro atoms. The van der Waals surface area contributed by atoms with Crippen molar-refractivity contribution >= 4 is 15.8 Å². The molecule has 0 aliphatic carbocycles. The van der Waals surface area contributed by atoms with E-state index < -0.39 is 26.8 Å². The van der Waals surface area contributed by atoms with E-state index in [-0.39, 0.29) is 12.2 Å². The first kappa shape index (κ1) is 15.7. The maximum absolute atomic E-state index is 12.7. The molecule has 10 heteroatoms. The summed E-state index contributed by atoms with van der Waals surface area (Å²) in [6, 6.07) is -4.44. The quantitative estimate of drug-likeness (QED) is 0.302. The summed E-state index contributed by atoms with van der Waals surface area (Å²) in [5.74, 6) is -0.385. The van der Waals surface area contributed by atoms with Gasteiger partial charge >= 0.3 is 16.2 Å². The summed E-state index contributed by atoms with van der Waals surface area (Å²) in [7, 11) is -4.07. The minimum absolute atomic E-state index is 0.280. The molecule has 0 bridgehead atoms. The molecule has 0 aromatic carbocycles. The van der Waals surface area contributed by atoms with Gasteiger partial charge < -0.3 is 0 Å². The van der Waals surface area contributed by atoms with Crippen molar-refractivity contribution in [3.8, 4) is 0 Å². The van der Waals surface area contributed by atoms with Crippen LogP contribution in [0.5, 0.6) is 0 Å². The minimum Gasteiger partial charge on any atom is -0.268 e. The summed E-state index contributed by atoms with van der Waals surface area (Å²) in [6.07, 6.45) is 0.846. The first-order valence-corrected chi connectivity index (χ1v) is 6.20. The van der Waals surface area contributed by atoms with Gasteiger partial charge in [0.2, 0.25) is 5.71 Å². The molecule has 0 amide bonds. The predicted molar refractivity (Wildman–Crippen MR) is 54.8 cm³/mol. The Bertz CT molecular complexity index is 406. The van der Waals surface area contributed by atoms with Crippen LogP contribution in [0.15, 0.2) is 5.16 Å². The maximum Gasteiger partial charge on any atom is 0.555 e. The van der Waals surface area contributed by atoms with Crippen molar-refractivity contribution in [1.29, 1.82) is 0 Å². The molecule has 0 aromatic rings. The highest BCUT2D eigenvalue weighted by Gasteiger charge is 2.49. The molecule has 0 aliphatic heterocycles. The van der Waals surface area contributed by atoms with Gasteiger partial charge in [-0.05, 0) is 13.3 Å². The summed E-state index contributed by atoms with van der Waals surface area (Å²) in [6.45, 7) is 2.34. The number of nitrogens with zero attached hydrogens (tertiary/aromatic N) is 2. The second-order valence-electron chi connectivity index (χ2n) is 3.16. The summed E-state index contributed by atoms with van der Waals surface area (Å²) >= 11 is 0. The van der Waals surface area contributed by atoms with Gasteiger partial charge in [-0.3, -0.25) is 14.4 Å². The van der Waals surface area contributed by atoms with Crippen molar-refractivity contribution in [2.45, 2.75) is 32.7 Å². The topological polar surface area (TPSA) is 98.9 Å². The second kappa shape index (κ2) is 5.84. The second-order valence-corrected chi connectivity index (χ2v) is 4.84. The zero-order valence-electron chi connectivity index (χ0n) is 9.22. The van der Waals surface area contributed by atoms with Crippen LogP contribution in [0, 0.1) is 10.1 Å². The lowest BCUT2D eigenvalue weighted by Crippen LogP contribution is -2.35. The standard InChI is InChI=1S/C7H12F2N2O5S/c1-3-4-5-17(14,15)16-10-6(2)7(8,9)11(12)13/h3-5H2,1-2H3. The van der Waals surface area contributed by atoms with Gasteiger partial charge in [-0.1, -0.05) is 18.5 Å². The van der Waals surface area contributed by atoms with Gasteiger partial charge in [-0.25, -0.2) is 0 Å². The molecule has 17 heavy (non-hydrogen) atoms. The summed E-state index contributed by atoms with van der Waals surface area (Å²) in [5.41, 5.74) is -1.33. The van der Waals surface area contributed by atoms with Crippen molar-refractivity contribution in [3.63, 3.8) is 0 Å². The largest absolute Gasteiger partial charge is 0.555 e. The third-order valence-electron chi connectivity index (χ3n) is 1.70. The fourth-order valence-electron chi connectivity index (χ4n) is 0.658. The fraction of sp³-hybridized carbons (Fsp3) is 0.857. The van der Waals surface area contributed by atoms with Crippen LogP contribution in [0.4, 0.5) is 8.78 Å². The van der Waals surface area contributed by atoms with E-state index in [1.165, 1.54) is 0 Å². The van der Waals surface area contributed by atoms with Crippen LogP contribution in [-0.4, -0.2) is 30.9 Å². The third kappa shape index (κ3) is 5.02. The number of hydrogen-bond donors (Lipinski definition) is 0. The molecule has 0 saturated heterocycles. The van der Waals surface area contributed by atoms with E-state index in [0.29, 0.717) is 13.3 Å². The Balaban J connectivity index is 4.69. The third-order valence-corrected chi connectivity index (χ3v) is 2.79. The maximum atomic E-state index is 12.7. The number of rotatable bonds is 7. The summed E-state index contributed by atoms with van der Waals surface area (Å²) in [5, 5.41) is 12.5. The van der Waals surface area contributed by atoms with Crippen molar-refractivity contribution in [3.05, 3.63) is 10.1 Å². The molecule has 0 saturated carbocycles. The summed E-state index contributed by atoms with van der Waals surface area (Å²) < 4.78 is 51.3. The van der Waals surface area contributed by atoms with E-state index >= 15 is 0 Å². The molecule has 7 nitrogen and oxygen atoms in total. The van der Waals surface area contributed by atoms with Crippen LogP contribution >= 0.6 is 0 Å². The van der Waals surface area contributed by atoms with Gasteiger partial charge in [0.05, 0.1) is 5.75 Å². The molecule has 0 rings (SSSR count). The van der Waals surface area contributed by atoms with Crippen LogP contribution in [0.2, 0.25) is 0 Å². The van der Waals surface area contributed by atoms with E-state index in [0.717, 1.165) is 0 Å². The first-order chi connectivity index (χ1) is 7.63. The number of hydrogen-bond acceptors (Lipinski definition) is 6. The van der Waals surface area contributed by atoms with Gasteiger partial charge in [0, 0.05) is 0 Å². The van der Waals surface area contributed by atoms with Gasteiger partial charge in [0.15, 0.2) is 0 Å². The first-order valence-electron chi connectivity index (χ1n) is 4.62. The number of oxime groups is 1. The van der Waals surface area contributed by atoms with E-state index in [4.69, 9.17) is 0 Å². The monoisotopic (exact) mass is 274 g/mol. The van der Waals surface area contributed by atoms with E-state index in [2.05, 4.69) is 9.44 Å². The highest BCUT2D eigenvalue weighted by molar-refractivity contribution is 7.86. The minimum atomic E-state index is -4.44. The van der Waals surface area contributed by atoms with Gasteiger partial charge in [0.25, 0.3) is 0 Å².